The summed E-state index contributed by atoms with van der Waals surface area (Å²) < 4.78 is 8.43. The molecule has 2 aromatic heterocycles. The van der Waals surface area contributed by atoms with Crippen LogP contribution in [0.2, 0.25) is 0 Å². The van der Waals surface area contributed by atoms with Crippen molar-refractivity contribution in [2.45, 2.75) is 51.4 Å². The van der Waals surface area contributed by atoms with Crippen LogP contribution in [0.4, 0.5) is 17.1 Å². The molecule has 0 amide bonds. The number of aryl methyl sites for hydroxylation is 2. The Labute approximate surface area is 308 Å². The molecule has 0 saturated carbocycles. The minimum Gasteiger partial charge on any atom is -0.513 e. The van der Waals surface area contributed by atoms with Gasteiger partial charge in [-0.1, -0.05) is 74.2 Å². The van der Waals surface area contributed by atoms with Crippen molar-refractivity contribution in [1.82, 2.24) is 14.8 Å². The number of aromatic nitrogens is 3. The Kier molecular flexibility index (Phi) is 7.80. The van der Waals surface area contributed by atoms with Gasteiger partial charge < -0.3 is 9.64 Å². The van der Waals surface area contributed by atoms with Crippen molar-refractivity contribution in [3.63, 3.8) is 0 Å². The van der Waals surface area contributed by atoms with Crippen LogP contribution in [0, 0.1) is 26.0 Å². The number of fused-ring (bicyclic) bond motifs is 4. The van der Waals surface area contributed by atoms with Crippen molar-refractivity contribution >= 4 is 17.1 Å². The molecule has 4 aromatic carbocycles. The number of anilines is 3. The molecule has 0 radical (unpaired) electrons. The summed E-state index contributed by atoms with van der Waals surface area (Å²) in [6.07, 6.45) is 8.84. The zero-order valence-corrected chi connectivity index (χ0v) is 30.7. The van der Waals surface area contributed by atoms with Crippen LogP contribution in [-0.4, -0.2) is 14.8 Å². The maximum absolute atomic E-state index is 6.49. The van der Waals surface area contributed by atoms with Gasteiger partial charge in [-0.25, -0.2) is 0 Å². The van der Waals surface area contributed by atoms with E-state index in [9.17, 15) is 0 Å². The van der Waals surface area contributed by atoms with E-state index in [1.165, 1.54) is 22.3 Å². The van der Waals surface area contributed by atoms with Crippen LogP contribution in [0.3, 0.4) is 0 Å². The summed E-state index contributed by atoms with van der Waals surface area (Å²) in [5.41, 5.74) is 11.9. The van der Waals surface area contributed by atoms with Gasteiger partial charge in [-0.3, -0.25) is 9.67 Å². The van der Waals surface area contributed by atoms with Gasteiger partial charge in [0.1, 0.15) is 5.75 Å². The Morgan fingerprint density at radius 2 is 1.48 bits per heavy atom. The summed E-state index contributed by atoms with van der Waals surface area (Å²) in [7, 11) is 0. The molecule has 0 fully saturated rings. The summed E-state index contributed by atoms with van der Waals surface area (Å²) in [4.78, 5) is 7.35. The van der Waals surface area contributed by atoms with Crippen LogP contribution in [0.1, 0.15) is 60.5 Å². The number of hydrogen-bond acceptors (Lipinski definition) is 4. The van der Waals surface area contributed by atoms with Crippen molar-refractivity contribution in [3.05, 3.63) is 179 Å². The summed E-state index contributed by atoms with van der Waals surface area (Å²) in [6, 6.07) is 43.7. The molecule has 3 aliphatic rings. The second kappa shape index (κ2) is 12.1. The molecular weight excluding hydrogens is 796 g/mol. The largest absolute Gasteiger partial charge is 2.00 e. The van der Waals surface area contributed by atoms with Gasteiger partial charge in [-0.2, -0.15) is 23.3 Å². The Bertz CT molecular complexity index is 2340. The van der Waals surface area contributed by atoms with Crippen LogP contribution < -0.4 is 9.64 Å². The molecular formula is C44H36N4OPt. The third-order valence-corrected chi connectivity index (χ3v) is 10.4. The van der Waals surface area contributed by atoms with Gasteiger partial charge >= 0.3 is 21.1 Å². The smallest absolute Gasteiger partial charge is 0.513 e. The summed E-state index contributed by atoms with van der Waals surface area (Å²) in [5, 5.41) is 4.76. The van der Waals surface area contributed by atoms with E-state index in [4.69, 9.17) is 14.8 Å². The van der Waals surface area contributed by atoms with E-state index in [0.29, 0.717) is 0 Å². The zero-order valence-electron chi connectivity index (χ0n) is 28.5. The molecule has 1 aliphatic heterocycles. The third-order valence-electron chi connectivity index (χ3n) is 10.4. The van der Waals surface area contributed by atoms with E-state index in [0.717, 1.165) is 69.7 Å². The average Bonchev–Trinajstić information content (AvgIpc) is 3.48. The first-order chi connectivity index (χ1) is 23.9. The minimum absolute atomic E-state index is 0. The molecule has 1 unspecified atom stereocenters. The van der Waals surface area contributed by atoms with Gasteiger partial charge in [0.15, 0.2) is 0 Å². The second-order valence-corrected chi connectivity index (χ2v) is 13.7. The van der Waals surface area contributed by atoms with E-state index < -0.39 is 5.41 Å². The first-order valence-corrected chi connectivity index (χ1v) is 17.0. The number of rotatable bonds is 4. The normalized spacial score (nSPS) is 18.3. The van der Waals surface area contributed by atoms with Crippen molar-refractivity contribution in [3.8, 4) is 17.2 Å². The molecule has 1 atom stereocenters. The fourth-order valence-electron chi connectivity index (χ4n) is 8.28. The Morgan fingerprint density at radius 1 is 0.720 bits per heavy atom. The second-order valence-electron chi connectivity index (χ2n) is 13.7. The van der Waals surface area contributed by atoms with E-state index in [1.54, 1.807) is 0 Å². The van der Waals surface area contributed by atoms with Crippen LogP contribution in [0.5, 0.6) is 11.5 Å². The minimum atomic E-state index is -0.667. The molecule has 0 N–H and O–H groups in total. The topological polar surface area (TPSA) is 43.2 Å². The van der Waals surface area contributed by atoms with Crippen molar-refractivity contribution in [2.75, 3.05) is 4.90 Å². The number of nitrogens with zero attached hydrogens (tertiary/aromatic N) is 4. The first-order valence-electron chi connectivity index (χ1n) is 17.0. The standard InChI is InChI=1S/C44H36N4O.Pt/c1-29-26-30(2)48(46-29)33-23-24-41-39(28-33)47(38-20-9-10-21-40(38)49-41)32-15-13-14-31(27-32)44(42-22-11-12-25-45-42)36-18-7-5-16-34(36)43(3,4)35-17-6-8-19-37(35)44;/h5,7,9-26H,6,8H2,1-4H3;/q-2;+2. The monoisotopic (exact) mass is 831 g/mol. The predicted molar refractivity (Wildman–Crippen MR) is 194 cm³/mol. The average molecular weight is 832 g/mol. The Balaban J connectivity index is 0.00000361. The molecule has 0 spiro atoms. The Morgan fingerprint density at radius 3 is 2.26 bits per heavy atom. The molecule has 5 nitrogen and oxygen atoms in total. The summed E-state index contributed by atoms with van der Waals surface area (Å²) in [6.45, 7) is 8.80. The molecule has 3 heterocycles. The molecule has 50 heavy (non-hydrogen) atoms. The van der Waals surface area contributed by atoms with Crippen LogP contribution in [0.25, 0.3) is 5.69 Å². The molecule has 6 heteroatoms. The molecule has 2 aliphatic carbocycles. The first kappa shape index (κ1) is 32.2. The SMILES string of the molecule is Cc1cc(C)n(-c2[c-]c3c(cc2)Oc2ccccc2N3c2[c-]c(C3(c4ccccn4)C4=CCCC=C4C(C)(C)c4ccccc43)ccc2)n1.[Pt+2]. The molecule has 0 saturated heterocycles. The van der Waals surface area contributed by atoms with Crippen LogP contribution in [0.15, 0.2) is 133 Å². The van der Waals surface area contributed by atoms with Crippen LogP contribution in [-0.2, 0) is 31.9 Å². The predicted octanol–water partition coefficient (Wildman–Crippen LogP) is 10.3. The maximum atomic E-state index is 6.49. The quantitative estimate of drug-likeness (QED) is 0.166. The number of hydrogen-bond donors (Lipinski definition) is 0. The molecule has 9 rings (SSSR count). The van der Waals surface area contributed by atoms with Gasteiger partial charge in [0.05, 0.1) is 22.5 Å². The van der Waals surface area contributed by atoms with Crippen molar-refractivity contribution in [1.29, 1.82) is 0 Å². The van der Waals surface area contributed by atoms with Gasteiger partial charge in [-0.15, -0.1) is 29.8 Å². The number of pyridine rings is 1. The van der Waals surface area contributed by atoms with E-state index in [2.05, 4.69) is 117 Å². The summed E-state index contributed by atoms with van der Waals surface area (Å²) >= 11 is 0. The number of allylic oxidation sites excluding steroid dienone is 4. The van der Waals surface area contributed by atoms with Gasteiger partial charge in [0, 0.05) is 23.1 Å². The Hall–Kier alpha value is -4.99. The fourth-order valence-corrected chi connectivity index (χ4v) is 8.28. The van der Waals surface area contributed by atoms with Gasteiger partial charge in [0.2, 0.25) is 0 Å². The zero-order chi connectivity index (χ0) is 33.3. The van der Waals surface area contributed by atoms with E-state index in [-0.39, 0.29) is 26.5 Å². The van der Waals surface area contributed by atoms with E-state index >= 15 is 0 Å². The number of ether oxygens (including phenoxy) is 1. The third kappa shape index (κ3) is 4.70. The molecule has 0 bridgehead atoms. The van der Waals surface area contributed by atoms with Crippen LogP contribution >= 0.6 is 0 Å². The molecule has 248 valence electrons. The summed E-state index contributed by atoms with van der Waals surface area (Å²) in [5.74, 6) is 1.51. The van der Waals surface area contributed by atoms with Gasteiger partial charge in [-0.05, 0) is 90.7 Å². The molecule has 6 aromatic rings. The van der Waals surface area contributed by atoms with Crippen molar-refractivity contribution < 1.29 is 25.8 Å². The maximum Gasteiger partial charge on any atom is 2.00 e. The van der Waals surface area contributed by atoms with Gasteiger partial charge in [0.25, 0.3) is 0 Å². The van der Waals surface area contributed by atoms with E-state index in [1.807, 2.05) is 54.2 Å². The fraction of sp³-hybridized carbons (Fsp3) is 0.182. The number of para-hydroxylation sites is 2. The van der Waals surface area contributed by atoms with Crippen molar-refractivity contribution in [2.24, 2.45) is 0 Å². The number of benzene rings is 4.